The number of benzene rings is 2. The van der Waals surface area contributed by atoms with Gasteiger partial charge in [0.1, 0.15) is 0 Å². The minimum Gasteiger partial charge on any atom is -0.381 e. The van der Waals surface area contributed by atoms with Gasteiger partial charge in [0.25, 0.3) is 0 Å². The van der Waals surface area contributed by atoms with Gasteiger partial charge in [-0.25, -0.2) is 0 Å². The molecule has 19 heavy (non-hydrogen) atoms. The third-order valence-electron chi connectivity index (χ3n) is 2.72. The van der Waals surface area contributed by atoms with Gasteiger partial charge in [-0.3, -0.25) is 10.1 Å². The number of halogens is 1. The fourth-order valence-electron chi connectivity index (χ4n) is 1.77. The Bertz CT molecular complexity index is 614. The van der Waals surface area contributed by atoms with Crippen molar-refractivity contribution in [2.45, 2.75) is 13.5 Å². The van der Waals surface area contributed by atoms with Crippen molar-refractivity contribution in [2.75, 3.05) is 5.32 Å². The molecule has 2 rings (SSSR count). The van der Waals surface area contributed by atoms with E-state index in [2.05, 4.69) is 5.32 Å². The summed E-state index contributed by atoms with van der Waals surface area (Å²) >= 11 is 0. The van der Waals surface area contributed by atoms with E-state index in [0.717, 1.165) is 11.3 Å². The Hall–Kier alpha value is -2.43. The van der Waals surface area contributed by atoms with Gasteiger partial charge in [0.05, 0.1) is 4.92 Å². The monoisotopic (exact) mass is 260 g/mol. The third-order valence-corrected chi connectivity index (χ3v) is 2.72. The molecule has 5 heteroatoms. The summed E-state index contributed by atoms with van der Waals surface area (Å²) in [4.78, 5) is 9.77. The zero-order valence-corrected chi connectivity index (χ0v) is 10.4. The smallest absolute Gasteiger partial charge is 0.304 e. The van der Waals surface area contributed by atoms with Crippen molar-refractivity contribution in [3.05, 3.63) is 69.5 Å². The highest BCUT2D eigenvalue weighted by Gasteiger charge is 2.13. The molecule has 4 nitrogen and oxygen atoms in total. The first-order valence-corrected chi connectivity index (χ1v) is 5.79. The second-order valence-electron chi connectivity index (χ2n) is 4.27. The molecule has 0 radical (unpaired) electrons. The SMILES string of the molecule is Cc1cccc(NCc2ccc([N+](=O)[O-])c(F)c2)c1. The van der Waals surface area contributed by atoms with Gasteiger partial charge in [-0.15, -0.1) is 0 Å². The first-order chi connectivity index (χ1) is 9.06. The minimum atomic E-state index is -0.812. The van der Waals surface area contributed by atoms with E-state index in [1.54, 1.807) is 6.07 Å². The number of rotatable bonds is 4. The van der Waals surface area contributed by atoms with E-state index in [1.165, 1.54) is 12.1 Å². The molecular weight excluding hydrogens is 247 g/mol. The maximum absolute atomic E-state index is 13.4. The highest BCUT2D eigenvalue weighted by atomic mass is 19.1. The van der Waals surface area contributed by atoms with Crippen molar-refractivity contribution in [3.8, 4) is 0 Å². The van der Waals surface area contributed by atoms with Gasteiger partial charge in [0.2, 0.25) is 5.82 Å². The Labute approximate surface area is 110 Å². The van der Waals surface area contributed by atoms with Crippen molar-refractivity contribution in [2.24, 2.45) is 0 Å². The second kappa shape index (κ2) is 5.48. The molecule has 0 aliphatic heterocycles. The summed E-state index contributed by atoms with van der Waals surface area (Å²) in [6.45, 7) is 2.40. The van der Waals surface area contributed by atoms with Crippen molar-refractivity contribution in [1.82, 2.24) is 0 Å². The number of nitrogens with one attached hydrogen (secondary N) is 1. The van der Waals surface area contributed by atoms with Gasteiger partial charge in [-0.1, -0.05) is 18.2 Å². The zero-order chi connectivity index (χ0) is 13.8. The van der Waals surface area contributed by atoms with Crippen LogP contribution in [-0.4, -0.2) is 4.92 Å². The van der Waals surface area contributed by atoms with E-state index in [9.17, 15) is 14.5 Å². The summed E-state index contributed by atoms with van der Waals surface area (Å²) in [6.07, 6.45) is 0. The summed E-state index contributed by atoms with van der Waals surface area (Å²) in [7, 11) is 0. The molecule has 98 valence electrons. The van der Waals surface area contributed by atoms with Crippen LogP contribution in [0.5, 0.6) is 0 Å². The Morgan fingerprint density at radius 1 is 1.26 bits per heavy atom. The molecule has 0 spiro atoms. The molecule has 0 aromatic heterocycles. The highest BCUT2D eigenvalue weighted by Crippen LogP contribution is 2.19. The van der Waals surface area contributed by atoms with Crippen molar-refractivity contribution in [3.63, 3.8) is 0 Å². The zero-order valence-electron chi connectivity index (χ0n) is 10.4. The van der Waals surface area contributed by atoms with Crippen LogP contribution in [0.2, 0.25) is 0 Å². The fraction of sp³-hybridized carbons (Fsp3) is 0.143. The van der Waals surface area contributed by atoms with E-state index in [1.807, 2.05) is 31.2 Å². The normalized spacial score (nSPS) is 10.2. The molecule has 2 aromatic rings. The van der Waals surface area contributed by atoms with E-state index in [4.69, 9.17) is 0 Å². The Morgan fingerprint density at radius 3 is 2.68 bits per heavy atom. The molecule has 0 aliphatic rings. The van der Waals surface area contributed by atoms with Gasteiger partial charge in [0, 0.05) is 18.3 Å². The highest BCUT2D eigenvalue weighted by molar-refractivity contribution is 5.46. The Kier molecular flexibility index (Phi) is 3.75. The molecule has 0 saturated heterocycles. The third kappa shape index (κ3) is 3.28. The Morgan fingerprint density at radius 2 is 2.05 bits per heavy atom. The van der Waals surface area contributed by atoms with Crippen LogP contribution >= 0.6 is 0 Å². The van der Waals surface area contributed by atoms with Crippen LogP contribution in [0, 0.1) is 22.9 Å². The van der Waals surface area contributed by atoms with Crippen molar-refractivity contribution < 1.29 is 9.31 Å². The van der Waals surface area contributed by atoms with Crippen LogP contribution in [0.4, 0.5) is 15.8 Å². The molecule has 2 aromatic carbocycles. The van der Waals surface area contributed by atoms with Gasteiger partial charge < -0.3 is 5.32 Å². The molecule has 0 saturated carbocycles. The van der Waals surface area contributed by atoms with Crippen LogP contribution in [0.3, 0.4) is 0 Å². The summed E-state index contributed by atoms with van der Waals surface area (Å²) in [5, 5.41) is 13.6. The largest absolute Gasteiger partial charge is 0.381 e. The van der Waals surface area contributed by atoms with E-state index < -0.39 is 16.4 Å². The number of nitrogens with zero attached hydrogens (tertiary/aromatic N) is 1. The number of anilines is 1. The second-order valence-corrected chi connectivity index (χ2v) is 4.27. The number of nitro benzene ring substituents is 1. The lowest BCUT2D eigenvalue weighted by Gasteiger charge is -2.07. The fourth-order valence-corrected chi connectivity index (χ4v) is 1.77. The van der Waals surface area contributed by atoms with Crippen LogP contribution in [-0.2, 0) is 6.54 Å². The first kappa shape index (κ1) is 13.0. The minimum absolute atomic E-state index is 0.415. The predicted octanol–water partition coefficient (Wildman–Crippen LogP) is 3.65. The van der Waals surface area contributed by atoms with Crippen LogP contribution in [0.25, 0.3) is 0 Å². The topological polar surface area (TPSA) is 55.2 Å². The van der Waals surface area contributed by atoms with Crippen molar-refractivity contribution in [1.29, 1.82) is 0 Å². The lowest BCUT2D eigenvalue weighted by Crippen LogP contribution is -2.01. The molecule has 0 fully saturated rings. The molecule has 1 N–H and O–H groups in total. The van der Waals surface area contributed by atoms with E-state index in [0.29, 0.717) is 12.1 Å². The number of aryl methyl sites for hydroxylation is 1. The predicted molar refractivity (Wildman–Crippen MR) is 71.6 cm³/mol. The molecule has 0 unspecified atom stereocenters. The summed E-state index contributed by atoms with van der Waals surface area (Å²) in [5.41, 5.74) is 2.21. The summed E-state index contributed by atoms with van der Waals surface area (Å²) < 4.78 is 13.4. The maximum atomic E-state index is 13.4. The van der Waals surface area contributed by atoms with Crippen LogP contribution < -0.4 is 5.32 Å². The molecule has 0 amide bonds. The van der Waals surface area contributed by atoms with E-state index in [-0.39, 0.29) is 0 Å². The average Bonchev–Trinajstić information content (AvgIpc) is 2.36. The Balaban J connectivity index is 2.08. The number of hydrogen-bond acceptors (Lipinski definition) is 3. The van der Waals surface area contributed by atoms with Gasteiger partial charge in [-0.05, 0) is 36.2 Å². The summed E-state index contributed by atoms with van der Waals surface area (Å²) in [5.74, 6) is -0.812. The van der Waals surface area contributed by atoms with Crippen LogP contribution in [0.1, 0.15) is 11.1 Å². The maximum Gasteiger partial charge on any atom is 0.304 e. The average molecular weight is 260 g/mol. The van der Waals surface area contributed by atoms with Crippen molar-refractivity contribution >= 4 is 11.4 Å². The molecule has 0 heterocycles. The molecule has 0 atom stereocenters. The molecule has 0 aliphatic carbocycles. The quantitative estimate of drug-likeness (QED) is 0.674. The van der Waals surface area contributed by atoms with Gasteiger partial charge in [-0.2, -0.15) is 4.39 Å². The lowest BCUT2D eigenvalue weighted by atomic mass is 10.2. The standard InChI is InChI=1S/C14H13FN2O2/c1-10-3-2-4-12(7-10)16-9-11-5-6-14(17(18)19)13(15)8-11/h2-8,16H,9H2,1H3. The number of hydrogen-bond donors (Lipinski definition) is 1. The number of nitro groups is 1. The van der Waals surface area contributed by atoms with Crippen LogP contribution in [0.15, 0.2) is 42.5 Å². The lowest BCUT2D eigenvalue weighted by molar-refractivity contribution is -0.387. The van der Waals surface area contributed by atoms with Gasteiger partial charge in [0.15, 0.2) is 0 Å². The first-order valence-electron chi connectivity index (χ1n) is 5.79. The van der Waals surface area contributed by atoms with E-state index >= 15 is 0 Å². The van der Waals surface area contributed by atoms with Gasteiger partial charge >= 0.3 is 5.69 Å². The summed E-state index contributed by atoms with van der Waals surface area (Å²) in [6, 6.07) is 11.7. The molecular formula is C14H13FN2O2. The molecule has 0 bridgehead atoms.